The van der Waals surface area contributed by atoms with Crippen LogP contribution in [0.25, 0.3) is 0 Å². The number of fused-ring (bicyclic) bond motifs is 8. The van der Waals surface area contributed by atoms with Crippen LogP contribution in [0.2, 0.25) is 0 Å². The first kappa shape index (κ1) is 50.9. The van der Waals surface area contributed by atoms with Crippen LogP contribution in [0.5, 0.6) is 23.0 Å². The van der Waals surface area contributed by atoms with Gasteiger partial charge >= 0.3 is 0 Å². The number of aromatic hydroxyl groups is 1. The number of benzene rings is 4. The molecule has 71 heavy (non-hydrogen) atoms. The zero-order chi connectivity index (χ0) is 50.7. The summed E-state index contributed by atoms with van der Waals surface area (Å²) >= 11 is 0. The Balaban J connectivity index is 1.42. The Kier molecular flexibility index (Phi) is 14.8. The molecule has 1 aliphatic heterocycles. The Morgan fingerprint density at radius 2 is 0.662 bits per heavy atom. The van der Waals surface area contributed by atoms with Gasteiger partial charge in [-0.3, -0.25) is 15.0 Å². The van der Waals surface area contributed by atoms with E-state index in [0.717, 1.165) is 90.0 Å². The van der Waals surface area contributed by atoms with Crippen molar-refractivity contribution in [2.75, 3.05) is 0 Å². The van der Waals surface area contributed by atoms with Crippen molar-refractivity contribution >= 4 is 0 Å². The molecular formula is C63H73N3O5. The van der Waals surface area contributed by atoms with E-state index in [1.807, 2.05) is 54.6 Å². The average Bonchev–Trinajstić information content (AvgIpc) is 3.31. The summed E-state index contributed by atoms with van der Waals surface area (Å²) in [5, 5.41) is 12.8. The lowest BCUT2D eigenvalue weighted by atomic mass is 9.80. The molecule has 3 aromatic heterocycles. The normalized spacial score (nSPS) is 13.5. The first-order chi connectivity index (χ1) is 33.6. The van der Waals surface area contributed by atoms with E-state index < -0.39 is 0 Å². The molecule has 7 aromatic rings. The van der Waals surface area contributed by atoms with Gasteiger partial charge in [-0.25, -0.2) is 0 Å². The van der Waals surface area contributed by atoms with Crippen molar-refractivity contribution in [1.29, 1.82) is 0 Å². The summed E-state index contributed by atoms with van der Waals surface area (Å²) in [6.45, 7) is 28.3. The summed E-state index contributed by atoms with van der Waals surface area (Å²) in [6, 6.07) is 35.7. The largest absolute Gasteiger partial charge is 0.507 e. The molecule has 8 nitrogen and oxygen atoms in total. The standard InChI is InChI=1S/C63H73N3O5/c1-60(2,3)49-28-41-25-43-30-50(61(4,5)6)32-45(57(43)69-38-53-19-13-16-22-64-53)27-46-33-52(63(10,11)12)35-48(59(46)71-40-55-21-15-18-24-66-55)37-68-36-47-34-51(62(7,8)9)31-44(26-42(29-49)56(41)67)58(47)70-39-54-20-14-17-23-65-54/h13-24,28-35,67H,25-27,36-40H2,1-12H3. The molecule has 1 aliphatic rings. The van der Waals surface area contributed by atoms with Gasteiger partial charge in [-0.15, -0.1) is 0 Å². The zero-order valence-corrected chi connectivity index (χ0v) is 44.1. The molecule has 0 radical (unpaired) electrons. The number of hydrogen-bond acceptors (Lipinski definition) is 8. The van der Waals surface area contributed by atoms with Crippen LogP contribution in [0, 0.1) is 0 Å². The fourth-order valence-electron chi connectivity index (χ4n) is 9.10. The number of ether oxygens (including phenoxy) is 4. The number of aromatic nitrogens is 3. The van der Waals surface area contributed by atoms with Crippen molar-refractivity contribution < 1.29 is 24.1 Å². The molecule has 0 fully saturated rings. The van der Waals surface area contributed by atoms with Gasteiger partial charge in [0.1, 0.15) is 42.8 Å². The summed E-state index contributed by atoms with van der Waals surface area (Å²) in [5.74, 6) is 2.53. The SMILES string of the molecule is CC(C)(C)c1cc2c(O)c(c1)Cc1cc(C(C)(C)C)cc(c1OCc1ccccn1)Cc1cc(C(C)(C)C)cc(c1OCc1ccccn1)COCc1cc(C(C)(C)C)cc(c1OCc1ccccn1)C2. The Morgan fingerprint density at radius 1 is 0.394 bits per heavy atom. The fraction of sp³-hybridized carbons (Fsp3) is 0.381. The van der Waals surface area contributed by atoms with Crippen molar-refractivity contribution in [2.24, 2.45) is 0 Å². The second-order valence-corrected chi connectivity index (χ2v) is 23.4. The second-order valence-electron chi connectivity index (χ2n) is 23.4. The van der Waals surface area contributed by atoms with Crippen LogP contribution in [0.4, 0.5) is 0 Å². The fourth-order valence-corrected chi connectivity index (χ4v) is 9.10. The highest BCUT2D eigenvalue weighted by atomic mass is 16.5. The van der Waals surface area contributed by atoms with Crippen molar-refractivity contribution in [2.45, 2.75) is 157 Å². The Bertz CT molecular complexity index is 2960. The number of hydrogen-bond donors (Lipinski definition) is 1. The van der Waals surface area contributed by atoms with Gasteiger partial charge in [0.25, 0.3) is 0 Å². The molecular weight excluding hydrogens is 879 g/mol. The molecule has 8 bridgehead atoms. The number of phenols is 1. The molecule has 0 aliphatic carbocycles. The smallest absolute Gasteiger partial charge is 0.130 e. The van der Waals surface area contributed by atoms with Crippen LogP contribution in [0.3, 0.4) is 0 Å². The highest BCUT2D eigenvalue weighted by molar-refractivity contribution is 5.58. The molecule has 8 rings (SSSR count). The van der Waals surface area contributed by atoms with E-state index in [1.165, 1.54) is 11.1 Å². The third kappa shape index (κ3) is 12.5. The van der Waals surface area contributed by atoms with Crippen LogP contribution >= 0.6 is 0 Å². The monoisotopic (exact) mass is 952 g/mol. The molecule has 4 heterocycles. The third-order valence-corrected chi connectivity index (χ3v) is 13.4. The molecule has 1 N–H and O–H groups in total. The predicted octanol–water partition coefficient (Wildman–Crippen LogP) is 14.3. The van der Waals surface area contributed by atoms with E-state index in [0.29, 0.717) is 19.3 Å². The maximum Gasteiger partial charge on any atom is 0.130 e. The Labute approximate surface area is 422 Å². The third-order valence-electron chi connectivity index (χ3n) is 13.4. The van der Waals surface area contributed by atoms with Crippen molar-refractivity contribution in [1.82, 2.24) is 15.0 Å². The minimum Gasteiger partial charge on any atom is -0.507 e. The first-order valence-corrected chi connectivity index (χ1v) is 25.1. The molecule has 0 unspecified atom stereocenters. The van der Waals surface area contributed by atoms with Gasteiger partial charge in [0, 0.05) is 49.0 Å². The molecule has 0 saturated carbocycles. The minimum absolute atomic E-state index is 0.202. The maximum absolute atomic E-state index is 12.8. The average molecular weight is 952 g/mol. The minimum atomic E-state index is -0.225. The Morgan fingerprint density at radius 3 is 0.944 bits per heavy atom. The van der Waals surface area contributed by atoms with Crippen molar-refractivity contribution in [3.05, 3.63) is 206 Å². The summed E-state index contributed by atoms with van der Waals surface area (Å²) < 4.78 is 27.9. The molecule has 0 spiro atoms. The predicted molar refractivity (Wildman–Crippen MR) is 285 cm³/mol. The van der Waals surface area contributed by atoms with Gasteiger partial charge in [0.15, 0.2) is 0 Å². The highest BCUT2D eigenvalue weighted by Crippen LogP contribution is 2.43. The van der Waals surface area contributed by atoms with E-state index in [9.17, 15) is 5.11 Å². The van der Waals surface area contributed by atoms with Crippen LogP contribution in [0.1, 0.15) is 167 Å². The summed E-state index contributed by atoms with van der Waals surface area (Å²) in [4.78, 5) is 13.9. The van der Waals surface area contributed by atoms with Gasteiger partial charge in [-0.2, -0.15) is 0 Å². The van der Waals surface area contributed by atoms with Crippen LogP contribution < -0.4 is 14.2 Å². The van der Waals surface area contributed by atoms with Gasteiger partial charge in [-0.1, -0.05) is 138 Å². The van der Waals surface area contributed by atoms with Gasteiger partial charge in [0.2, 0.25) is 0 Å². The Hall–Kier alpha value is -6.51. The quantitative estimate of drug-likeness (QED) is 0.153. The van der Waals surface area contributed by atoms with Gasteiger partial charge in [0.05, 0.1) is 30.3 Å². The van der Waals surface area contributed by atoms with E-state index >= 15 is 0 Å². The number of nitrogens with zero attached hydrogens (tertiary/aromatic N) is 3. The summed E-state index contributed by atoms with van der Waals surface area (Å²) in [6.07, 6.45) is 6.76. The number of rotatable bonds is 9. The van der Waals surface area contributed by atoms with Gasteiger partial charge < -0.3 is 24.1 Å². The number of phenolic OH excluding ortho intramolecular Hbond substituents is 1. The van der Waals surface area contributed by atoms with Crippen molar-refractivity contribution in [3.63, 3.8) is 0 Å². The lowest BCUT2D eigenvalue weighted by molar-refractivity contribution is 0.101. The molecule has 0 saturated heterocycles. The first-order valence-electron chi connectivity index (χ1n) is 25.1. The number of pyridine rings is 3. The molecule has 370 valence electrons. The second kappa shape index (κ2) is 20.7. The van der Waals surface area contributed by atoms with Crippen LogP contribution in [0.15, 0.2) is 122 Å². The zero-order valence-electron chi connectivity index (χ0n) is 44.1. The molecule has 0 amide bonds. The van der Waals surface area contributed by atoms with E-state index in [2.05, 4.69) is 147 Å². The van der Waals surface area contributed by atoms with Gasteiger partial charge in [-0.05, 0) is 126 Å². The molecule has 4 aromatic carbocycles. The highest BCUT2D eigenvalue weighted by Gasteiger charge is 2.28. The lowest BCUT2D eigenvalue weighted by Gasteiger charge is -2.28. The van der Waals surface area contributed by atoms with Crippen LogP contribution in [-0.2, 0) is 78.7 Å². The van der Waals surface area contributed by atoms with Crippen LogP contribution in [-0.4, -0.2) is 20.1 Å². The van der Waals surface area contributed by atoms with E-state index in [4.69, 9.17) is 18.9 Å². The maximum atomic E-state index is 12.8. The summed E-state index contributed by atoms with van der Waals surface area (Å²) in [7, 11) is 0. The summed E-state index contributed by atoms with van der Waals surface area (Å²) in [5.41, 5.74) is 13.8. The van der Waals surface area contributed by atoms with E-state index in [1.54, 1.807) is 18.6 Å². The van der Waals surface area contributed by atoms with E-state index in [-0.39, 0.29) is 60.4 Å². The molecule has 0 atom stereocenters. The molecule has 8 heteroatoms. The topological polar surface area (TPSA) is 95.8 Å². The van der Waals surface area contributed by atoms with Crippen molar-refractivity contribution in [3.8, 4) is 23.0 Å². The lowest BCUT2D eigenvalue weighted by Crippen LogP contribution is -2.17.